The Balaban J connectivity index is 1.92. The molecule has 0 aliphatic carbocycles. The number of hydrogen-bond donors (Lipinski definition) is 4. The third kappa shape index (κ3) is 4.25. The molecule has 9 nitrogen and oxygen atoms in total. The molecule has 3 aromatic rings. The van der Waals surface area contributed by atoms with E-state index >= 15 is 0 Å². The van der Waals surface area contributed by atoms with Gasteiger partial charge in [0, 0.05) is 18.9 Å². The van der Waals surface area contributed by atoms with E-state index in [-0.39, 0.29) is 11.3 Å². The number of rotatable bonds is 6. The molecule has 2 aromatic heterocycles. The Bertz CT molecular complexity index is 1100. The van der Waals surface area contributed by atoms with Gasteiger partial charge in [-0.15, -0.1) is 0 Å². The average Bonchev–Trinajstić information content (AvgIpc) is 3.19. The summed E-state index contributed by atoms with van der Waals surface area (Å²) in [6.07, 6.45) is 2.08. The minimum Gasteiger partial charge on any atom is -0.355 e. The highest BCUT2D eigenvalue weighted by Crippen LogP contribution is 2.27. The number of aromatic nitrogens is 3. The monoisotopic (exact) mass is 412 g/mol. The van der Waals surface area contributed by atoms with Gasteiger partial charge in [-0.3, -0.25) is 24.5 Å². The normalized spacial score (nSPS) is 10.3. The van der Waals surface area contributed by atoms with Crippen LogP contribution in [0.4, 0.5) is 11.4 Å². The Labute approximate surface area is 170 Å². The van der Waals surface area contributed by atoms with Crippen molar-refractivity contribution in [1.29, 1.82) is 0 Å². The molecule has 10 heteroatoms. The Morgan fingerprint density at radius 1 is 1.21 bits per heavy atom. The van der Waals surface area contributed by atoms with Crippen LogP contribution in [0.1, 0.15) is 26.4 Å². The van der Waals surface area contributed by atoms with Gasteiger partial charge in [0.25, 0.3) is 11.8 Å². The second-order valence-electron chi connectivity index (χ2n) is 6.01. The van der Waals surface area contributed by atoms with Gasteiger partial charge in [-0.25, -0.2) is 0 Å². The number of H-pyrrole nitrogens is 1. The molecular formula is C19H17ClN6O3. The molecule has 148 valence electrons. The SMILES string of the molecule is CNC(=O)c1cc(NC=O)cc(C)c1NC(=O)c1cc(-c2ncccc2Cl)n[nH]1. The number of carbonyl (C=O) groups excluding carboxylic acids is 3. The Kier molecular flexibility index (Phi) is 5.89. The van der Waals surface area contributed by atoms with E-state index < -0.39 is 11.8 Å². The van der Waals surface area contributed by atoms with E-state index in [4.69, 9.17) is 11.6 Å². The second-order valence-corrected chi connectivity index (χ2v) is 6.42. The van der Waals surface area contributed by atoms with Crippen LogP contribution in [0.5, 0.6) is 0 Å². The first-order valence-electron chi connectivity index (χ1n) is 8.49. The van der Waals surface area contributed by atoms with E-state index in [0.29, 0.717) is 39.8 Å². The fourth-order valence-electron chi connectivity index (χ4n) is 2.73. The van der Waals surface area contributed by atoms with Crippen molar-refractivity contribution in [2.24, 2.45) is 0 Å². The molecule has 0 bridgehead atoms. The molecule has 0 unspecified atom stereocenters. The Morgan fingerprint density at radius 2 is 2.00 bits per heavy atom. The number of benzene rings is 1. The lowest BCUT2D eigenvalue weighted by Gasteiger charge is -2.14. The van der Waals surface area contributed by atoms with Crippen molar-refractivity contribution < 1.29 is 14.4 Å². The molecule has 0 saturated heterocycles. The van der Waals surface area contributed by atoms with Crippen LogP contribution in [0.15, 0.2) is 36.5 Å². The number of anilines is 2. The van der Waals surface area contributed by atoms with Crippen molar-refractivity contribution in [2.75, 3.05) is 17.7 Å². The number of halogens is 1. The largest absolute Gasteiger partial charge is 0.355 e. The molecule has 4 N–H and O–H groups in total. The average molecular weight is 413 g/mol. The fourth-order valence-corrected chi connectivity index (χ4v) is 2.95. The fraction of sp³-hybridized carbons (Fsp3) is 0.105. The quantitative estimate of drug-likeness (QED) is 0.462. The number of nitrogens with zero attached hydrogens (tertiary/aromatic N) is 2. The summed E-state index contributed by atoms with van der Waals surface area (Å²) in [6.45, 7) is 1.71. The van der Waals surface area contributed by atoms with Gasteiger partial charge >= 0.3 is 0 Å². The van der Waals surface area contributed by atoms with Crippen LogP contribution in [-0.2, 0) is 4.79 Å². The molecule has 0 saturated carbocycles. The topological polar surface area (TPSA) is 129 Å². The lowest BCUT2D eigenvalue weighted by molar-refractivity contribution is -0.105. The van der Waals surface area contributed by atoms with Crippen LogP contribution < -0.4 is 16.0 Å². The standard InChI is InChI=1S/C19H17ClN6O3/c1-10-6-11(23-9-27)7-12(18(28)21-2)16(10)24-19(29)15-8-14(25-26-15)17-13(20)4-3-5-22-17/h3-9H,1-2H3,(H,21,28)(H,23,27)(H,24,29)(H,25,26). The van der Waals surface area contributed by atoms with Gasteiger partial charge in [0.15, 0.2) is 0 Å². The molecule has 0 aliphatic heterocycles. The summed E-state index contributed by atoms with van der Waals surface area (Å²) in [4.78, 5) is 39.9. The third-order valence-corrected chi connectivity index (χ3v) is 4.40. The predicted octanol–water partition coefficient (Wildman–Crippen LogP) is 2.61. The zero-order valence-corrected chi connectivity index (χ0v) is 16.3. The van der Waals surface area contributed by atoms with Gasteiger partial charge in [-0.05, 0) is 42.8 Å². The highest BCUT2D eigenvalue weighted by Gasteiger charge is 2.19. The summed E-state index contributed by atoms with van der Waals surface area (Å²) in [6, 6.07) is 8.00. The van der Waals surface area contributed by atoms with Gasteiger partial charge in [-0.1, -0.05) is 11.6 Å². The van der Waals surface area contributed by atoms with Gasteiger partial charge in [0.05, 0.1) is 16.3 Å². The van der Waals surface area contributed by atoms with E-state index in [0.717, 1.165) is 0 Å². The molecule has 3 rings (SSSR count). The first-order valence-corrected chi connectivity index (χ1v) is 8.87. The Morgan fingerprint density at radius 3 is 2.69 bits per heavy atom. The number of pyridine rings is 1. The van der Waals surface area contributed by atoms with Crippen LogP contribution in [-0.4, -0.2) is 40.5 Å². The lowest BCUT2D eigenvalue weighted by Crippen LogP contribution is -2.22. The minimum absolute atomic E-state index is 0.166. The van der Waals surface area contributed by atoms with E-state index in [1.165, 1.54) is 19.2 Å². The molecule has 0 fully saturated rings. The van der Waals surface area contributed by atoms with Crippen molar-refractivity contribution in [1.82, 2.24) is 20.5 Å². The zero-order chi connectivity index (χ0) is 21.0. The van der Waals surface area contributed by atoms with E-state index in [1.807, 2.05) is 0 Å². The first kappa shape index (κ1) is 20.0. The van der Waals surface area contributed by atoms with Gasteiger partial charge in [-0.2, -0.15) is 5.10 Å². The van der Waals surface area contributed by atoms with Crippen LogP contribution in [0.3, 0.4) is 0 Å². The summed E-state index contributed by atoms with van der Waals surface area (Å²) >= 11 is 6.12. The minimum atomic E-state index is -0.500. The molecule has 29 heavy (non-hydrogen) atoms. The number of nitrogens with one attached hydrogen (secondary N) is 4. The summed E-state index contributed by atoms with van der Waals surface area (Å²) in [5.41, 5.74) is 2.57. The molecule has 0 atom stereocenters. The van der Waals surface area contributed by atoms with Crippen molar-refractivity contribution in [3.05, 3.63) is 58.4 Å². The lowest BCUT2D eigenvalue weighted by atomic mass is 10.1. The maximum atomic E-state index is 12.7. The van der Waals surface area contributed by atoms with Crippen molar-refractivity contribution >= 4 is 41.2 Å². The van der Waals surface area contributed by atoms with Crippen LogP contribution >= 0.6 is 11.6 Å². The van der Waals surface area contributed by atoms with Gasteiger partial charge in [0.2, 0.25) is 6.41 Å². The van der Waals surface area contributed by atoms with E-state index in [2.05, 4.69) is 31.1 Å². The summed E-state index contributed by atoms with van der Waals surface area (Å²) < 4.78 is 0. The molecular weight excluding hydrogens is 396 g/mol. The van der Waals surface area contributed by atoms with Crippen LogP contribution in [0.2, 0.25) is 5.02 Å². The van der Waals surface area contributed by atoms with E-state index in [1.54, 1.807) is 31.3 Å². The molecule has 2 heterocycles. The van der Waals surface area contributed by atoms with Crippen molar-refractivity contribution in [3.8, 4) is 11.4 Å². The highest BCUT2D eigenvalue weighted by atomic mass is 35.5. The highest BCUT2D eigenvalue weighted by molar-refractivity contribution is 6.32. The number of aryl methyl sites for hydroxylation is 1. The Hall–Kier alpha value is -3.72. The summed E-state index contributed by atoms with van der Waals surface area (Å²) in [5, 5.41) is 14.9. The molecule has 0 radical (unpaired) electrons. The van der Waals surface area contributed by atoms with Crippen LogP contribution in [0.25, 0.3) is 11.4 Å². The first-order chi connectivity index (χ1) is 13.9. The van der Waals surface area contributed by atoms with Gasteiger partial charge in [0.1, 0.15) is 17.1 Å². The molecule has 1 aromatic carbocycles. The van der Waals surface area contributed by atoms with Crippen LogP contribution in [0, 0.1) is 6.92 Å². The molecule has 0 spiro atoms. The molecule has 0 aliphatic rings. The smallest absolute Gasteiger partial charge is 0.273 e. The zero-order valence-electron chi connectivity index (χ0n) is 15.5. The maximum Gasteiger partial charge on any atom is 0.273 e. The van der Waals surface area contributed by atoms with Crippen molar-refractivity contribution in [3.63, 3.8) is 0 Å². The van der Waals surface area contributed by atoms with Gasteiger partial charge < -0.3 is 16.0 Å². The maximum absolute atomic E-state index is 12.7. The summed E-state index contributed by atoms with van der Waals surface area (Å²) in [7, 11) is 1.47. The summed E-state index contributed by atoms with van der Waals surface area (Å²) in [5.74, 6) is -0.913. The molecule has 3 amide bonds. The van der Waals surface area contributed by atoms with E-state index in [9.17, 15) is 14.4 Å². The number of aromatic amines is 1. The number of hydrogen-bond acceptors (Lipinski definition) is 5. The third-order valence-electron chi connectivity index (χ3n) is 4.09. The second kappa shape index (κ2) is 8.53. The number of carbonyl (C=O) groups is 3. The predicted molar refractivity (Wildman–Crippen MR) is 109 cm³/mol. The van der Waals surface area contributed by atoms with Crippen molar-refractivity contribution in [2.45, 2.75) is 6.92 Å². The number of amides is 3.